The number of imidazole rings is 1. The van der Waals surface area contributed by atoms with Gasteiger partial charge in [0.25, 0.3) is 0 Å². The van der Waals surface area contributed by atoms with E-state index < -0.39 is 5.60 Å². The Bertz CT molecular complexity index is 1000. The van der Waals surface area contributed by atoms with Gasteiger partial charge in [-0.25, -0.2) is 9.97 Å². The highest BCUT2D eigenvalue weighted by Gasteiger charge is 2.24. The van der Waals surface area contributed by atoms with Gasteiger partial charge in [-0.05, 0) is 26.8 Å². The molecule has 7 nitrogen and oxygen atoms in total. The van der Waals surface area contributed by atoms with Crippen molar-refractivity contribution in [3.63, 3.8) is 0 Å². The highest BCUT2D eigenvalue weighted by molar-refractivity contribution is 6.09. The van der Waals surface area contributed by atoms with Gasteiger partial charge in [0, 0.05) is 17.9 Å². The summed E-state index contributed by atoms with van der Waals surface area (Å²) in [6.07, 6.45) is 0. The number of carbonyl (C=O) groups excluding carboxylic acids is 1. The maximum absolute atomic E-state index is 12.3. The van der Waals surface area contributed by atoms with Gasteiger partial charge in [-0.1, -0.05) is 32.0 Å². The number of nitrogens with zero attached hydrogens (tertiary/aromatic N) is 3. The van der Waals surface area contributed by atoms with Crippen molar-refractivity contribution in [2.75, 3.05) is 11.9 Å². The van der Waals surface area contributed by atoms with Crippen LogP contribution in [0.15, 0.2) is 24.3 Å². The fraction of sp³-hybridized carbons (Fsp3) is 0.476. The second kappa shape index (κ2) is 7.85. The number of hydrogen-bond donors (Lipinski definition) is 2. The van der Waals surface area contributed by atoms with Crippen molar-refractivity contribution >= 4 is 33.7 Å². The Morgan fingerprint density at radius 1 is 1.29 bits per heavy atom. The number of aliphatic hydroxyl groups is 1. The summed E-state index contributed by atoms with van der Waals surface area (Å²) >= 11 is 0. The summed E-state index contributed by atoms with van der Waals surface area (Å²) in [6.45, 7) is 10.3. The predicted octanol–water partition coefficient (Wildman–Crippen LogP) is 3.49. The summed E-state index contributed by atoms with van der Waals surface area (Å²) in [7, 11) is 0. The number of ether oxygens (including phenoxy) is 1. The monoisotopic (exact) mass is 384 g/mol. The van der Waals surface area contributed by atoms with Crippen molar-refractivity contribution in [1.29, 1.82) is 0 Å². The second-order valence-corrected chi connectivity index (χ2v) is 7.88. The van der Waals surface area contributed by atoms with E-state index >= 15 is 0 Å². The lowest BCUT2D eigenvalue weighted by Crippen LogP contribution is -2.27. The number of aromatic nitrogens is 3. The van der Waals surface area contributed by atoms with E-state index in [1.165, 1.54) is 0 Å². The normalized spacial score (nSPS) is 12.2. The Hall–Kier alpha value is -2.51. The number of pyridine rings is 1. The Labute approximate surface area is 164 Å². The Morgan fingerprint density at radius 3 is 2.64 bits per heavy atom. The molecule has 0 radical (unpaired) electrons. The molecular weight excluding hydrogens is 356 g/mol. The van der Waals surface area contributed by atoms with E-state index in [0.717, 1.165) is 16.4 Å². The van der Waals surface area contributed by atoms with E-state index in [-0.39, 0.29) is 11.8 Å². The molecule has 1 aromatic carbocycles. The fourth-order valence-corrected chi connectivity index (χ4v) is 3.09. The molecule has 0 spiro atoms. The van der Waals surface area contributed by atoms with E-state index in [9.17, 15) is 9.90 Å². The van der Waals surface area contributed by atoms with Gasteiger partial charge in [-0.2, -0.15) is 0 Å². The summed E-state index contributed by atoms with van der Waals surface area (Å²) < 4.78 is 7.58. The van der Waals surface area contributed by atoms with Crippen molar-refractivity contribution in [3.05, 3.63) is 30.1 Å². The SMILES string of the molecule is CCOCc1nc2c(NC(=O)C(C)C)nc3ccccc3c2n1CC(C)(C)O. The van der Waals surface area contributed by atoms with Crippen LogP contribution >= 0.6 is 0 Å². The Kier molecular flexibility index (Phi) is 5.67. The van der Waals surface area contributed by atoms with E-state index in [2.05, 4.69) is 10.3 Å². The third-order valence-corrected chi connectivity index (χ3v) is 4.41. The number of rotatable bonds is 7. The van der Waals surface area contributed by atoms with Crippen molar-refractivity contribution in [1.82, 2.24) is 14.5 Å². The van der Waals surface area contributed by atoms with Gasteiger partial charge in [-0.15, -0.1) is 0 Å². The van der Waals surface area contributed by atoms with Crippen LogP contribution in [-0.4, -0.2) is 37.8 Å². The zero-order valence-corrected chi connectivity index (χ0v) is 17.1. The molecule has 3 aromatic rings. The number of anilines is 1. The van der Waals surface area contributed by atoms with Crippen LogP contribution in [0.4, 0.5) is 5.82 Å². The first-order valence-electron chi connectivity index (χ1n) is 9.60. The van der Waals surface area contributed by atoms with Gasteiger partial charge in [0.05, 0.1) is 23.2 Å². The fourth-order valence-electron chi connectivity index (χ4n) is 3.09. The van der Waals surface area contributed by atoms with Crippen LogP contribution in [0.3, 0.4) is 0 Å². The summed E-state index contributed by atoms with van der Waals surface area (Å²) in [5, 5.41) is 14.3. The third kappa shape index (κ3) is 4.15. The molecule has 0 saturated heterocycles. The van der Waals surface area contributed by atoms with Crippen molar-refractivity contribution in [3.8, 4) is 0 Å². The topological polar surface area (TPSA) is 89.3 Å². The molecule has 0 fully saturated rings. The molecule has 150 valence electrons. The molecule has 0 bridgehead atoms. The number of fused-ring (bicyclic) bond motifs is 3. The third-order valence-electron chi connectivity index (χ3n) is 4.41. The summed E-state index contributed by atoms with van der Waals surface area (Å²) in [5.74, 6) is 0.828. The van der Waals surface area contributed by atoms with Crippen LogP contribution in [-0.2, 0) is 22.7 Å². The number of carbonyl (C=O) groups is 1. The highest BCUT2D eigenvalue weighted by Crippen LogP contribution is 2.31. The standard InChI is InChI=1S/C21H28N4O3/c1-6-28-11-16-23-17-18(25(16)12-21(4,5)27)14-9-7-8-10-15(14)22-19(17)24-20(26)13(2)3/h7-10,13,27H,6,11-12H2,1-5H3,(H,22,24,26). The first kappa shape index (κ1) is 20.2. The van der Waals surface area contributed by atoms with Gasteiger partial charge in [0.15, 0.2) is 5.82 Å². The molecule has 0 aliphatic heterocycles. The van der Waals surface area contributed by atoms with Crippen molar-refractivity contribution < 1.29 is 14.6 Å². The predicted molar refractivity (Wildman–Crippen MR) is 110 cm³/mol. The zero-order valence-electron chi connectivity index (χ0n) is 17.1. The molecule has 0 unspecified atom stereocenters. The molecule has 0 aliphatic carbocycles. The Balaban J connectivity index is 2.30. The van der Waals surface area contributed by atoms with Gasteiger partial charge in [0.2, 0.25) is 5.91 Å². The number of amides is 1. The molecule has 0 atom stereocenters. The van der Waals surface area contributed by atoms with Gasteiger partial charge >= 0.3 is 0 Å². The summed E-state index contributed by atoms with van der Waals surface area (Å²) in [6, 6.07) is 7.74. The van der Waals surface area contributed by atoms with E-state index in [0.29, 0.717) is 36.9 Å². The van der Waals surface area contributed by atoms with Gasteiger partial charge < -0.3 is 19.7 Å². The summed E-state index contributed by atoms with van der Waals surface area (Å²) in [5.41, 5.74) is 1.25. The van der Waals surface area contributed by atoms with Gasteiger partial charge in [-0.3, -0.25) is 4.79 Å². The molecule has 28 heavy (non-hydrogen) atoms. The molecule has 0 saturated carbocycles. The molecule has 2 heterocycles. The molecule has 2 N–H and O–H groups in total. The second-order valence-electron chi connectivity index (χ2n) is 7.88. The van der Waals surface area contributed by atoms with Gasteiger partial charge in [0.1, 0.15) is 17.9 Å². The minimum Gasteiger partial charge on any atom is -0.389 e. The molecule has 0 aliphatic rings. The lowest BCUT2D eigenvalue weighted by Gasteiger charge is -2.20. The van der Waals surface area contributed by atoms with Crippen molar-refractivity contribution in [2.45, 2.75) is 53.4 Å². The smallest absolute Gasteiger partial charge is 0.228 e. The maximum atomic E-state index is 12.3. The van der Waals surface area contributed by atoms with Crippen LogP contribution in [0, 0.1) is 5.92 Å². The number of para-hydroxylation sites is 1. The molecule has 7 heteroatoms. The van der Waals surface area contributed by atoms with Crippen LogP contribution in [0.2, 0.25) is 0 Å². The summed E-state index contributed by atoms with van der Waals surface area (Å²) in [4.78, 5) is 21.7. The van der Waals surface area contributed by atoms with Crippen LogP contribution in [0.25, 0.3) is 21.9 Å². The largest absolute Gasteiger partial charge is 0.389 e. The molecule has 2 aromatic heterocycles. The maximum Gasteiger partial charge on any atom is 0.228 e. The van der Waals surface area contributed by atoms with E-state index in [1.807, 2.05) is 49.6 Å². The molecule has 1 amide bonds. The lowest BCUT2D eigenvalue weighted by atomic mass is 10.1. The van der Waals surface area contributed by atoms with Crippen LogP contribution < -0.4 is 5.32 Å². The quantitative estimate of drug-likeness (QED) is 0.651. The zero-order chi connectivity index (χ0) is 20.5. The van der Waals surface area contributed by atoms with Crippen molar-refractivity contribution in [2.24, 2.45) is 5.92 Å². The van der Waals surface area contributed by atoms with E-state index in [1.54, 1.807) is 13.8 Å². The van der Waals surface area contributed by atoms with Crippen LogP contribution in [0.5, 0.6) is 0 Å². The Morgan fingerprint density at radius 2 is 2.00 bits per heavy atom. The lowest BCUT2D eigenvalue weighted by molar-refractivity contribution is -0.118. The number of hydrogen-bond acceptors (Lipinski definition) is 5. The van der Waals surface area contributed by atoms with Crippen LogP contribution in [0.1, 0.15) is 40.4 Å². The van der Waals surface area contributed by atoms with E-state index in [4.69, 9.17) is 9.72 Å². The highest BCUT2D eigenvalue weighted by atomic mass is 16.5. The number of nitrogens with one attached hydrogen (secondary N) is 1. The number of benzene rings is 1. The molecular formula is C21H28N4O3. The first-order valence-corrected chi connectivity index (χ1v) is 9.60. The average molecular weight is 384 g/mol. The minimum absolute atomic E-state index is 0.118. The molecule has 3 rings (SSSR count). The minimum atomic E-state index is -0.944. The first-order chi connectivity index (χ1) is 13.2. The average Bonchev–Trinajstić information content (AvgIpc) is 2.97.